The molecular formula is C25H35N. The summed E-state index contributed by atoms with van der Waals surface area (Å²) in [5, 5.41) is 0. The van der Waals surface area contributed by atoms with Crippen LogP contribution in [0, 0.1) is 0 Å². The van der Waals surface area contributed by atoms with Gasteiger partial charge in [-0.2, -0.15) is 0 Å². The van der Waals surface area contributed by atoms with Crippen LogP contribution in [0.25, 0.3) is 0 Å². The largest absolute Gasteiger partial charge is 0.309 e. The molecule has 1 aliphatic carbocycles. The molecular weight excluding hydrogens is 314 g/mol. The minimum absolute atomic E-state index is 0.140. The van der Waals surface area contributed by atoms with Crippen LogP contribution in [-0.4, -0.2) is 25.5 Å². The summed E-state index contributed by atoms with van der Waals surface area (Å²) >= 11 is 0. The SMILES string of the molecule is CC(C)c1ccc2c(c1)C(CCCN(C)C)(c1ccccc1)CC2(C)C. The van der Waals surface area contributed by atoms with Crippen molar-refractivity contribution in [2.45, 2.75) is 63.7 Å². The second kappa shape index (κ2) is 7.19. The minimum Gasteiger partial charge on any atom is -0.309 e. The normalized spacial score (nSPS) is 21.4. The molecule has 0 N–H and O–H groups in total. The Balaban J connectivity index is 2.14. The number of hydrogen-bond acceptors (Lipinski definition) is 1. The van der Waals surface area contributed by atoms with E-state index in [2.05, 4.69) is 95.2 Å². The molecule has 0 fully saturated rings. The van der Waals surface area contributed by atoms with E-state index in [9.17, 15) is 0 Å². The number of rotatable bonds is 6. The van der Waals surface area contributed by atoms with E-state index in [-0.39, 0.29) is 10.8 Å². The van der Waals surface area contributed by atoms with Crippen LogP contribution >= 0.6 is 0 Å². The fraction of sp³-hybridized carbons (Fsp3) is 0.520. The average molecular weight is 350 g/mol. The molecule has 26 heavy (non-hydrogen) atoms. The highest BCUT2D eigenvalue weighted by atomic mass is 15.0. The molecule has 0 saturated heterocycles. The Morgan fingerprint density at radius 3 is 2.27 bits per heavy atom. The maximum Gasteiger partial charge on any atom is 0.0214 e. The van der Waals surface area contributed by atoms with Gasteiger partial charge >= 0.3 is 0 Å². The van der Waals surface area contributed by atoms with Gasteiger partial charge in [-0.1, -0.05) is 76.2 Å². The highest BCUT2D eigenvalue weighted by Crippen LogP contribution is 2.55. The van der Waals surface area contributed by atoms with Crippen LogP contribution in [0.3, 0.4) is 0 Å². The molecule has 0 spiro atoms. The Morgan fingerprint density at radius 2 is 1.65 bits per heavy atom. The number of nitrogens with zero attached hydrogens (tertiary/aromatic N) is 1. The van der Waals surface area contributed by atoms with Crippen LogP contribution in [0.2, 0.25) is 0 Å². The Hall–Kier alpha value is -1.60. The molecule has 0 amide bonds. The lowest BCUT2D eigenvalue weighted by molar-refractivity contribution is 0.334. The van der Waals surface area contributed by atoms with E-state index in [0.717, 1.165) is 6.54 Å². The Bertz CT molecular complexity index is 742. The summed E-state index contributed by atoms with van der Waals surface area (Å²) in [6.07, 6.45) is 3.64. The smallest absolute Gasteiger partial charge is 0.0214 e. The van der Waals surface area contributed by atoms with E-state index in [0.29, 0.717) is 5.92 Å². The van der Waals surface area contributed by atoms with Gasteiger partial charge in [0.25, 0.3) is 0 Å². The predicted molar refractivity (Wildman–Crippen MR) is 113 cm³/mol. The lowest BCUT2D eigenvalue weighted by atomic mass is 9.70. The molecule has 0 radical (unpaired) electrons. The lowest BCUT2D eigenvalue weighted by Gasteiger charge is -2.34. The van der Waals surface area contributed by atoms with Crippen molar-refractivity contribution in [2.75, 3.05) is 20.6 Å². The van der Waals surface area contributed by atoms with Crippen LogP contribution in [-0.2, 0) is 10.8 Å². The van der Waals surface area contributed by atoms with Gasteiger partial charge < -0.3 is 4.90 Å². The molecule has 140 valence electrons. The zero-order valence-electron chi connectivity index (χ0n) is 17.5. The van der Waals surface area contributed by atoms with Gasteiger partial charge in [0.1, 0.15) is 0 Å². The first-order chi connectivity index (χ1) is 12.3. The lowest BCUT2D eigenvalue weighted by Crippen LogP contribution is -2.29. The summed E-state index contributed by atoms with van der Waals surface area (Å²) in [6.45, 7) is 10.6. The van der Waals surface area contributed by atoms with Gasteiger partial charge in [-0.3, -0.25) is 0 Å². The van der Waals surface area contributed by atoms with Crippen molar-refractivity contribution in [1.29, 1.82) is 0 Å². The molecule has 1 nitrogen and oxygen atoms in total. The molecule has 1 unspecified atom stereocenters. The van der Waals surface area contributed by atoms with Crippen molar-refractivity contribution in [2.24, 2.45) is 0 Å². The van der Waals surface area contributed by atoms with Crippen molar-refractivity contribution >= 4 is 0 Å². The molecule has 0 aliphatic heterocycles. The van der Waals surface area contributed by atoms with E-state index in [1.165, 1.54) is 30.4 Å². The summed E-state index contributed by atoms with van der Waals surface area (Å²) in [5.74, 6) is 0.569. The van der Waals surface area contributed by atoms with Crippen molar-refractivity contribution in [1.82, 2.24) is 4.90 Å². The second-order valence-corrected chi connectivity index (χ2v) is 9.38. The minimum atomic E-state index is 0.140. The van der Waals surface area contributed by atoms with Crippen LogP contribution in [0.15, 0.2) is 48.5 Å². The van der Waals surface area contributed by atoms with Crippen molar-refractivity contribution in [3.05, 3.63) is 70.8 Å². The van der Waals surface area contributed by atoms with E-state index < -0.39 is 0 Å². The molecule has 1 aliphatic rings. The third kappa shape index (κ3) is 3.47. The third-order valence-corrected chi connectivity index (χ3v) is 6.23. The molecule has 0 heterocycles. The summed E-state index contributed by atoms with van der Waals surface area (Å²) in [4.78, 5) is 2.31. The molecule has 2 aromatic rings. The summed E-state index contributed by atoms with van der Waals surface area (Å²) in [7, 11) is 4.36. The van der Waals surface area contributed by atoms with Gasteiger partial charge in [0, 0.05) is 5.41 Å². The number of benzene rings is 2. The molecule has 1 atom stereocenters. The quantitative estimate of drug-likeness (QED) is 0.607. The van der Waals surface area contributed by atoms with Crippen LogP contribution in [0.5, 0.6) is 0 Å². The van der Waals surface area contributed by atoms with Gasteiger partial charge in [0.15, 0.2) is 0 Å². The van der Waals surface area contributed by atoms with Crippen molar-refractivity contribution in [3.63, 3.8) is 0 Å². The first kappa shape index (κ1) is 19.2. The Kier molecular flexibility index (Phi) is 5.30. The number of hydrogen-bond donors (Lipinski definition) is 0. The maximum absolute atomic E-state index is 2.53. The molecule has 3 rings (SSSR count). The van der Waals surface area contributed by atoms with Gasteiger partial charge in [0.2, 0.25) is 0 Å². The molecule has 0 saturated carbocycles. The fourth-order valence-corrected chi connectivity index (χ4v) is 4.93. The highest BCUT2D eigenvalue weighted by molar-refractivity contribution is 5.53. The number of fused-ring (bicyclic) bond motifs is 1. The van der Waals surface area contributed by atoms with E-state index >= 15 is 0 Å². The molecule has 1 heteroatoms. The molecule has 2 aromatic carbocycles. The van der Waals surface area contributed by atoms with E-state index in [1.54, 1.807) is 11.1 Å². The van der Waals surface area contributed by atoms with E-state index in [4.69, 9.17) is 0 Å². The third-order valence-electron chi connectivity index (χ3n) is 6.23. The van der Waals surface area contributed by atoms with Crippen LogP contribution in [0.4, 0.5) is 0 Å². The molecule has 0 aromatic heterocycles. The zero-order chi connectivity index (χ0) is 18.9. The average Bonchev–Trinajstić information content (AvgIpc) is 2.83. The summed E-state index contributed by atoms with van der Waals surface area (Å²) in [6, 6.07) is 18.6. The van der Waals surface area contributed by atoms with Gasteiger partial charge in [-0.25, -0.2) is 0 Å². The van der Waals surface area contributed by atoms with Crippen LogP contribution < -0.4 is 0 Å². The Labute approximate surface area is 160 Å². The van der Waals surface area contributed by atoms with Crippen molar-refractivity contribution < 1.29 is 0 Å². The van der Waals surface area contributed by atoms with Gasteiger partial charge in [-0.15, -0.1) is 0 Å². The van der Waals surface area contributed by atoms with Gasteiger partial charge in [-0.05, 0) is 73.5 Å². The predicted octanol–water partition coefficient (Wildman–Crippen LogP) is 6.12. The Morgan fingerprint density at radius 1 is 0.962 bits per heavy atom. The topological polar surface area (TPSA) is 3.24 Å². The standard InChI is InChI=1S/C25H35N/c1-19(2)20-13-14-22-23(17-20)25(18-24(22,3)4,15-10-16-26(5)6)21-11-8-7-9-12-21/h7-9,11-14,17,19H,10,15-16,18H2,1-6H3. The fourth-order valence-electron chi connectivity index (χ4n) is 4.93. The zero-order valence-corrected chi connectivity index (χ0v) is 17.5. The first-order valence-corrected chi connectivity index (χ1v) is 10.1. The van der Waals surface area contributed by atoms with Crippen LogP contribution in [0.1, 0.15) is 75.1 Å². The summed E-state index contributed by atoms with van der Waals surface area (Å²) < 4.78 is 0. The summed E-state index contributed by atoms with van der Waals surface area (Å²) in [5.41, 5.74) is 6.45. The first-order valence-electron chi connectivity index (χ1n) is 10.1. The van der Waals surface area contributed by atoms with Crippen molar-refractivity contribution in [3.8, 4) is 0 Å². The highest BCUT2D eigenvalue weighted by Gasteiger charge is 2.48. The monoisotopic (exact) mass is 349 g/mol. The van der Waals surface area contributed by atoms with Gasteiger partial charge in [0.05, 0.1) is 0 Å². The van der Waals surface area contributed by atoms with E-state index in [1.807, 2.05) is 0 Å². The second-order valence-electron chi connectivity index (χ2n) is 9.38. The molecule has 0 bridgehead atoms. The maximum atomic E-state index is 2.53.